The third-order valence-electron chi connectivity index (χ3n) is 7.61. The van der Waals surface area contributed by atoms with E-state index in [1.165, 1.54) is 9.87 Å². The molecule has 1 aromatic heterocycles. The zero-order valence-electron chi connectivity index (χ0n) is 22.6. The molecule has 0 unspecified atom stereocenters. The zero-order valence-corrected chi connectivity index (χ0v) is 23.4. The van der Waals surface area contributed by atoms with Crippen LogP contribution in [0.2, 0.25) is 0 Å². The average Bonchev–Trinajstić information content (AvgIpc) is 3.20. The lowest BCUT2D eigenvalue weighted by Gasteiger charge is -2.34. The molecule has 3 aromatic rings. The topological polar surface area (TPSA) is 92.8 Å². The molecular weight excluding hydrogens is 512 g/mol. The van der Waals surface area contributed by atoms with E-state index in [1.807, 2.05) is 24.0 Å². The molecular formula is C29H38N6O3S. The molecule has 208 valence electrons. The number of aryl methyl sites for hydroxylation is 1. The van der Waals surface area contributed by atoms with Crippen LogP contribution in [0.1, 0.15) is 23.2 Å². The highest BCUT2D eigenvalue weighted by molar-refractivity contribution is 7.89. The van der Waals surface area contributed by atoms with Crippen molar-refractivity contribution in [3.8, 4) is 0 Å². The summed E-state index contributed by atoms with van der Waals surface area (Å²) in [5.41, 5.74) is 2.96. The molecule has 10 heteroatoms. The number of H-pyrrole nitrogens is 1. The van der Waals surface area contributed by atoms with E-state index in [-0.39, 0.29) is 5.56 Å². The highest BCUT2D eigenvalue weighted by Gasteiger charge is 2.27. The van der Waals surface area contributed by atoms with Gasteiger partial charge in [0.25, 0.3) is 5.56 Å². The van der Waals surface area contributed by atoms with Crippen molar-refractivity contribution in [1.82, 2.24) is 24.1 Å². The first-order valence-corrected chi connectivity index (χ1v) is 15.2. The Bertz CT molecular complexity index is 1390. The first-order valence-electron chi connectivity index (χ1n) is 13.8. The van der Waals surface area contributed by atoms with Crippen LogP contribution in [0.3, 0.4) is 0 Å². The summed E-state index contributed by atoms with van der Waals surface area (Å²) in [4.78, 5) is 27.4. The van der Waals surface area contributed by atoms with E-state index in [0.29, 0.717) is 50.0 Å². The maximum Gasteiger partial charge on any atom is 0.252 e. The summed E-state index contributed by atoms with van der Waals surface area (Å²) in [6.07, 6.45) is 1.71. The normalized spacial score (nSPS) is 18.2. The van der Waals surface area contributed by atoms with Gasteiger partial charge in [-0.15, -0.1) is 0 Å². The van der Waals surface area contributed by atoms with Crippen LogP contribution in [0.4, 0.5) is 5.95 Å². The number of piperazine rings is 1. The smallest absolute Gasteiger partial charge is 0.252 e. The number of sulfonamides is 1. The third-order valence-corrected chi connectivity index (χ3v) is 9.52. The van der Waals surface area contributed by atoms with Gasteiger partial charge in [-0.3, -0.25) is 14.7 Å². The lowest BCUT2D eigenvalue weighted by atomic mass is 10.1. The molecule has 0 aliphatic carbocycles. The van der Waals surface area contributed by atoms with Crippen LogP contribution in [-0.2, 0) is 23.0 Å². The number of hydrogen-bond donors (Lipinski definition) is 1. The monoisotopic (exact) mass is 550 g/mol. The van der Waals surface area contributed by atoms with E-state index < -0.39 is 10.0 Å². The Morgan fingerprint density at radius 3 is 2.31 bits per heavy atom. The van der Waals surface area contributed by atoms with Crippen molar-refractivity contribution in [3.63, 3.8) is 0 Å². The molecule has 2 saturated heterocycles. The zero-order chi connectivity index (χ0) is 27.2. The number of aromatic nitrogens is 2. The van der Waals surface area contributed by atoms with Crippen LogP contribution in [0.25, 0.3) is 0 Å². The summed E-state index contributed by atoms with van der Waals surface area (Å²) in [5, 5.41) is 0. The Morgan fingerprint density at radius 1 is 0.846 bits per heavy atom. The van der Waals surface area contributed by atoms with Crippen molar-refractivity contribution in [2.24, 2.45) is 0 Å². The number of aromatic amines is 1. The van der Waals surface area contributed by atoms with Crippen molar-refractivity contribution in [1.29, 1.82) is 0 Å². The maximum atomic E-state index is 13.2. The van der Waals surface area contributed by atoms with Gasteiger partial charge in [-0.1, -0.05) is 48.0 Å². The third kappa shape index (κ3) is 7.13. The largest absolute Gasteiger partial charge is 0.341 e. The molecule has 0 amide bonds. The molecule has 3 heterocycles. The van der Waals surface area contributed by atoms with Gasteiger partial charge in [-0.25, -0.2) is 13.4 Å². The van der Waals surface area contributed by atoms with Gasteiger partial charge < -0.3 is 9.80 Å². The number of rotatable bonds is 8. The quantitative estimate of drug-likeness (QED) is 0.460. The number of benzene rings is 2. The van der Waals surface area contributed by atoms with Crippen LogP contribution in [0.5, 0.6) is 0 Å². The van der Waals surface area contributed by atoms with Gasteiger partial charge in [0.15, 0.2) is 0 Å². The molecule has 0 saturated carbocycles. The van der Waals surface area contributed by atoms with Gasteiger partial charge >= 0.3 is 0 Å². The number of anilines is 1. The van der Waals surface area contributed by atoms with Gasteiger partial charge in [0.05, 0.1) is 10.6 Å². The van der Waals surface area contributed by atoms with Crippen LogP contribution in [-0.4, -0.2) is 91.4 Å². The number of nitrogens with one attached hydrogen (secondary N) is 1. The SMILES string of the molecule is Cc1ccc(S(=O)(=O)N2CCCN(c3nc(CN4CCN(CCc5ccccc5)CC4)cc(=O)[nH]3)CC2)cc1. The standard InChI is InChI=1S/C29H38N6O3S/c1-24-8-10-27(11-9-24)39(37,38)35-14-5-13-34(20-21-35)29-30-26(22-28(36)31-29)23-33-18-16-32(17-19-33)15-12-25-6-3-2-4-7-25/h2-4,6-11,22H,5,12-21,23H2,1H3,(H,30,31,36). The highest BCUT2D eigenvalue weighted by atomic mass is 32.2. The van der Waals surface area contributed by atoms with Gasteiger partial charge in [-0.2, -0.15) is 4.31 Å². The second-order valence-corrected chi connectivity index (χ2v) is 12.4. The molecule has 0 atom stereocenters. The van der Waals surface area contributed by atoms with Crippen molar-refractivity contribution < 1.29 is 8.42 Å². The van der Waals surface area contributed by atoms with Crippen LogP contribution in [0, 0.1) is 6.92 Å². The van der Waals surface area contributed by atoms with E-state index >= 15 is 0 Å². The Labute approximate surface area is 231 Å². The summed E-state index contributed by atoms with van der Waals surface area (Å²) < 4.78 is 27.9. The van der Waals surface area contributed by atoms with Crippen molar-refractivity contribution >= 4 is 16.0 Å². The first kappa shape index (κ1) is 27.5. The minimum absolute atomic E-state index is 0.176. The summed E-state index contributed by atoms with van der Waals surface area (Å²) >= 11 is 0. The Kier molecular flexibility index (Phi) is 8.76. The van der Waals surface area contributed by atoms with Crippen molar-refractivity contribution in [2.75, 3.05) is 63.8 Å². The summed E-state index contributed by atoms with van der Waals surface area (Å²) in [7, 11) is -3.56. The number of hydrogen-bond acceptors (Lipinski definition) is 7. The molecule has 0 spiro atoms. The Balaban J connectivity index is 1.16. The number of nitrogens with zero attached hydrogens (tertiary/aromatic N) is 5. The first-order chi connectivity index (χ1) is 18.9. The molecule has 2 aromatic carbocycles. The predicted octanol–water partition coefficient (Wildman–Crippen LogP) is 2.34. The lowest BCUT2D eigenvalue weighted by molar-refractivity contribution is 0.127. The van der Waals surface area contributed by atoms with E-state index in [4.69, 9.17) is 4.98 Å². The maximum absolute atomic E-state index is 13.2. The Hall–Kier alpha value is -3.05. The van der Waals surface area contributed by atoms with Crippen LogP contribution < -0.4 is 10.5 Å². The lowest BCUT2D eigenvalue weighted by Crippen LogP contribution is -2.46. The minimum Gasteiger partial charge on any atom is -0.341 e. The molecule has 2 aliphatic heterocycles. The fraction of sp³-hybridized carbons (Fsp3) is 0.448. The Morgan fingerprint density at radius 2 is 1.56 bits per heavy atom. The van der Waals surface area contributed by atoms with E-state index in [2.05, 4.69) is 45.1 Å². The summed E-state index contributed by atoms with van der Waals surface area (Å²) in [5.74, 6) is 0.522. The predicted molar refractivity (Wildman–Crippen MR) is 153 cm³/mol. The van der Waals surface area contributed by atoms with E-state index in [9.17, 15) is 13.2 Å². The summed E-state index contributed by atoms with van der Waals surface area (Å²) in [6, 6.07) is 19.1. The molecule has 0 bridgehead atoms. The average molecular weight is 551 g/mol. The molecule has 5 rings (SSSR count). The fourth-order valence-corrected chi connectivity index (χ4v) is 6.73. The van der Waals surface area contributed by atoms with Crippen LogP contribution in [0.15, 0.2) is 70.4 Å². The van der Waals surface area contributed by atoms with Crippen LogP contribution >= 0.6 is 0 Å². The molecule has 1 N–H and O–H groups in total. The van der Waals surface area contributed by atoms with E-state index in [0.717, 1.165) is 50.4 Å². The second-order valence-electron chi connectivity index (χ2n) is 10.5. The summed E-state index contributed by atoms with van der Waals surface area (Å²) in [6.45, 7) is 9.38. The minimum atomic E-state index is -3.56. The fourth-order valence-electron chi connectivity index (χ4n) is 5.26. The highest BCUT2D eigenvalue weighted by Crippen LogP contribution is 2.20. The van der Waals surface area contributed by atoms with Crippen molar-refractivity contribution in [2.45, 2.75) is 31.2 Å². The van der Waals surface area contributed by atoms with Gasteiger partial charge in [0.1, 0.15) is 0 Å². The van der Waals surface area contributed by atoms with E-state index in [1.54, 1.807) is 18.2 Å². The van der Waals surface area contributed by atoms with Gasteiger partial charge in [0.2, 0.25) is 16.0 Å². The molecule has 2 fully saturated rings. The van der Waals surface area contributed by atoms with Crippen molar-refractivity contribution in [3.05, 3.63) is 87.8 Å². The molecule has 9 nitrogen and oxygen atoms in total. The van der Waals surface area contributed by atoms with Gasteiger partial charge in [-0.05, 0) is 37.5 Å². The second kappa shape index (κ2) is 12.4. The molecule has 0 radical (unpaired) electrons. The molecule has 39 heavy (non-hydrogen) atoms. The van der Waals surface area contributed by atoms with Gasteiger partial charge in [0, 0.05) is 71.5 Å². The molecule has 2 aliphatic rings.